The van der Waals surface area contributed by atoms with Gasteiger partial charge in [-0.3, -0.25) is 4.79 Å². The number of ether oxygens (including phenoxy) is 1. The zero-order valence-electron chi connectivity index (χ0n) is 11.0. The number of amides is 1. The van der Waals surface area contributed by atoms with Gasteiger partial charge in [-0.25, -0.2) is 4.79 Å². The molecule has 0 radical (unpaired) electrons. The lowest BCUT2D eigenvalue weighted by molar-refractivity contribution is -0.122. The van der Waals surface area contributed by atoms with E-state index in [0.29, 0.717) is 0 Å². The molecule has 18 heavy (non-hydrogen) atoms. The van der Waals surface area contributed by atoms with E-state index >= 15 is 0 Å². The van der Waals surface area contributed by atoms with E-state index < -0.39 is 6.09 Å². The minimum Gasteiger partial charge on any atom is -0.453 e. The first kappa shape index (κ1) is 14.2. The van der Waals surface area contributed by atoms with E-state index in [1.807, 2.05) is 44.2 Å². The Morgan fingerprint density at radius 1 is 1.22 bits per heavy atom. The van der Waals surface area contributed by atoms with Crippen LogP contribution in [0.4, 0.5) is 4.79 Å². The van der Waals surface area contributed by atoms with Crippen LogP contribution < -0.4 is 5.32 Å². The standard InChI is InChI=1S/C14H19NO3/c1-10(2)13(16)9-12(15-14(17)18-3)11-7-5-4-6-8-11/h4-8,10,12H,9H2,1-3H3,(H,15,17)/t12-/m1/s1. The molecule has 4 heteroatoms. The van der Waals surface area contributed by atoms with E-state index in [-0.39, 0.29) is 24.2 Å². The van der Waals surface area contributed by atoms with Crippen molar-refractivity contribution in [1.29, 1.82) is 0 Å². The first-order valence-corrected chi connectivity index (χ1v) is 5.96. The van der Waals surface area contributed by atoms with Crippen molar-refractivity contribution in [1.82, 2.24) is 5.32 Å². The lowest BCUT2D eigenvalue weighted by Crippen LogP contribution is -2.30. The van der Waals surface area contributed by atoms with Crippen LogP contribution in [-0.2, 0) is 9.53 Å². The number of hydrogen-bond donors (Lipinski definition) is 1. The van der Waals surface area contributed by atoms with Gasteiger partial charge in [-0.2, -0.15) is 0 Å². The molecule has 1 aromatic rings. The highest BCUT2D eigenvalue weighted by Gasteiger charge is 2.19. The Labute approximate surface area is 107 Å². The molecule has 0 unspecified atom stereocenters. The molecule has 1 amide bonds. The third-order valence-corrected chi connectivity index (χ3v) is 2.73. The molecule has 98 valence electrons. The molecule has 0 aromatic heterocycles. The van der Waals surface area contributed by atoms with Crippen molar-refractivity contribution in [3.63, 3.8) is 0 Å². The molecule has 0 fully saturated rings. The minimum atomic E-state index is -0.527. The number of carbonyl (C=O) groups is 2. The summed E-state index contributed by atoms with van der Waals surface area (Å²) in [6.07, 6.45) is -0.253. The van der Waals surface area contributed by atoms with Crippen molar-refractivity contribution in [2.45, 2.75) is 26.3 Å². The third kappa shape index (κ3) is 4.20. The molecule has 0 aliphatic carbocycles. The zero-order valence-corrected chi connectivity index (χ0v) is 11.0. The summed E-state index contributed by atoms with van der Waals surface area (Å²) in [4.78, 5) is 23.1. The number of methoxy groups -OCH3 is 1. The highest BCUT2D eigenvalue weighted by molar-refractivity contribution is 5.81. The van der Waals surface area contributed by atoms with Gasteiger partial charge in [0.1, 0.15) is 5.78 Å². The highest BCUT2D eigenvalue weighted by Crippen LogP contribution is 2.19. The lowest BCUT2D eigenvalue weighted by Gasteiger charge is -2.18. The molecular formula is C14H19NO3. The highest BCUT2D eigenvalue weighted by atomic mass is 16.5. The summed E-state index contributed by atoms with van der Waals surface area (Å²) in [6, 6.07) is 9.07. The lowest BCUT2D eigenvalue weighted by atomic mass is 9.96. The Kier molecular flexibility index (Phi) is 5.36. The molecule has 0 aliphatic heterocycles. The molecule has 0 saturated heterocycles. The van der Waals surface area contributed by atoms with Gasteiger partial charge in [0.15, 0.2) is 0 Å². The first-order chi connectivity index (χ1) is 8.54. The third-order valence-electron chi connectivity index (χ3n) is 2.73. The number of alkyl carbamates (subject to hydrolysis) is 1. The van der Waals surface area contributed by atoms with Crippen LogP contribution in [0, 0.1) is 5.92 Å². The normalized spacial score (nSPS) is 12.0. The Morgan fingerprint density at radius 2 is 1.83 bits per heavy atom. The van der Waals surface area contributed by atoms with E-state index in [2.05, 4.69) is 10.1 Å². The second-order valence-electron chi connectivity index (χ2n) is 4.42. The van der Waals surface area contributed by atoms with Crippen molar-refractivity contribution < 1.29 is 14.3 Å². The molecule has 1 aromatic carbocycles. The molecule has 1 atom stereocenters. The summed E-state index contributed by atoms with van der Waals surface area (Å²) in [5.74, 6) is 0.0657. The van der Waals surface area contributed by atoms with Gasteiger partial charge in [0.25, 0.3) is 0 Å². The van der Waals surface area contributed by atoms with Gasteiger partial charge in [0.2, 0.25) is 0 Å². The number of rotatable bonds is 5. The maximum Gasteiger partial charge on any atom is 0.407 e. The Balaban J connectivity index is 2.82. The fraction of sp³-hybridized carbons (Fsp3) is 0.429. The average Bonchev–Trinajstić information content (AvgIpc) is 2.38. The maximum atomic E-state index is 11.8. The van der Waals surface area contributed by atoms with E-state index in [9.17, 15) is 9.59 Å². The van der Waals surface area contributed by atoms with Gasteiger partial charge in [0.05, 0.1) is 13.2 Å². The van der Waals surface area contributed by atoms with Crippen molar-refractivity contribution in [3.05, 3.63) is 35.9 Å². The Morgan fingerprint density at radius 3 is 2.33 bits per heavy atom. The van der Waals surface area contributed by atoms with Gasteiger partial charge in [0, 0.05) is 12.3 Å². The largest absolute Gasteiger partial charge is 0.453 e. The Bertz CT molecular complexity index is 401. The smallest absolute Gasteiger partial charge is 0.407 e. The van der Waals surface area contributed by atoms with Crippen LogP contribution in [0.5, 0.6) is 0 Å². The minimum absolute atomic E-state index is 0.0457. The molecule has 0 saturated carbocycles. The summed E-state index contributed by atoms with van der Waals surface area (Å²) in [7, 11) is 1.31. The van der Waals surface area contributed by atoms with Crippen molar-refractivity contribution in [2.24, 2.45) is 5.92 Å². The van der Waals surface area contributed by atoms with Crippen LogP contribution in [-0.4, -0.2) is 19.0 Å². The van der Waals surface area contributed by atoms with Crippen LogP contribution in [0.1, 0.15) is 31.9 Å². The number of carbonyl (C=O) groups excluding carboxylic acids is 2. The van der Waals surface area contributed by atoms with Crippen LogP contribution in [0.15, 0.2) is 30.3 Å². The van der Waals surface area contributed by atoms with E-state index in [1.165, 1.54) is 7.11 Å². The monoisotopic (exact) mass is 249 g/mol. The predicted molar refractivity (Wildman–Crippen MR) is 69.2 cm³/mol. The summed E-state index contributed by atoms with van der Waals surface area (Å²) in [5.41, 5.74) is 0.900. The Hall–Kier alpha value is -1.84. The fourth-order valence-electron chi connectivity index (χ4n) is 1.58. The maximum absolute atomic E-state index is 11.8. The molecule has 1 N–H and O–H groups in total. The van der Waals surface area contributed by atoms with E-state index in [4.69, 9.17) is 0 Å². The number of hydrogen-bond acceptors (Lipinski definition) is 3. The van der Waals surface area contributed by atoms with Crippen molar-refractivity contribution in [2.75, 3.05) is 7.11 Å². The zero-order chi connectivity index (χ0) is 13.5. The summed E-state index contributed by atoms with van der Waals surface area (Å²) in [6.45, 7) is 3.70. The second kappa shape index (κ2) is 6.79. The van der Waals surface area contributed by atoms with Gasteiger partial charge in [-0.15, -0.1) is 0 Å². The number of benzene rings is 1. The van der Waals surface area contributed by atoms with Crippen LogP contribution >= 0.6 is 0 Å². The fourth-order valence-corrected chi connectivity index (χ4v) is 1.58. The molecular weight excluding hydrogens is 230 g/mol. The van der Waals surface area contributed by atoms with Crippen molar-refractivity contribution in [3.8, 4) is 0 Å². The van der Waals surface area contributed by atoms with Gasteiger partial charge in [-0.1, -0.05) is 44.2 Å². The molecule has 4 nitrogen and oxygen atoms in total. The van der Waals surface area contributed by atoms with Gasteiger partial charge < -0.3 is 10.1 Å². The first-order valence-electron chi connectivity index (χ1n) is 5.96. The average molecular weight is 249 g/mol. The van der Waals surface area contributed by atoms with Crippen LogP contribution in [0.3, 0.4) is 0 Å². The molecule has 0 bridgehead atoms. The number of ketones is 1. The van der Waals surface area contributed by atoms with Gasteiger partial charge >= 0.3 is 6.09 Å². The topological polar surface area (TPSA) is 55.4 Å². The SMILES string of the molecule is COC(=O)N[C@H](CC(=O)C(C)C)c1ccccc1. The van der Waals surface area contributed by atoms with Crippen molar-refractivity contribution >= 4 is 11.9 Å². The summed E-state index contributed by atoms with van der Waals surface area (Å²) in [5, 5.41) is 2.69. The predicted octanol–water partition coefficient (Wildman–Crippen LogP) is 2.70. The number of nitrogens with one attached hydrogen (secondary N) is 1. The molecule has 1 rings (SSSR count). The summed E-state index contributed by atoms with van der Waals surface area (Å²) < 4.78 is 4.58. The number of Topliss-reactive ketones (excluding diaryl/α,β-unsaturated/α-hetero) is 1. The second-order valence-corrected chi connectivity index (χ2v) is 4.42. The molecule has 0 spiro atoms. The van der Waals surface area contributed by atoms with E-state index in [0.717, 1.165) is 5.56 Å². The van der Waals surface area contributed by atoms with Crippen LogP contribution in [0.25, 0.3) is 0 Å². The molecule has 0 heterocycles. The van der Waals surface area contributed by atoms with E-state index in [1.54, 1.807) is 0 Å². The van der Waals surface area contributed by atoms with Gasteiger partial charge in [-0.05, 0) is 5.56 Å². The molecule has 0 aliphatic rings. The van der Waals surface area contributed by atoms with Crippen LogP contribution in [0.2, 0.25) is 0 Å². The summed E-state index contributed by atoms with van der Waals surface area (Å²) >= 11 is 0. The quantitative estimate of drug-likeness (QED) is 0.872.